The van der Waals surface area contributed by atoms with E-state index in [9.17, 15) is 4.79 Å². The number of carbonyl (C=O) groups excluding carboxylic acids is 1. The maximum absolute atomic E-state index is 12.6. The van der Waals surface area contributed by atoms with Crippen molar-refractivity contribution in [2.24, 2.45) is 0 Å². The Morgan fingerprint density at radius 2 is 1.87 bits per heavy atom. The number of rotatable bonds is 8. The van der Waals surface area contributed by atoms with Crippen LogP contribution in [0, 0.1) is 20.8 Å². The van der Waals surface area contributed by atoms with Gasteiger partial charge < -0.3 is 9.47 Å². The highest BCUT2D eigenvalue weighted by molar-refractivity contribution is 6.32. The molecule has 0 aliphatic carbocycles. The summed E-state index contributed by atoms with van der Waals surface area (Å²) in [6.07, 6.45) is 5.15. The highest BCUT2D eigenvalue weighted by atomic mass is 35.5. The van der Waals surface area contributed by atoms with Crippen molar-refractivity contribution in [2.75, 3.05) is 7.11 Å². The number of aryl methyl sites for hydroxylation is 4. The molecule has 0 spiro atoms. The standard InChI is InChI=1S/C25H27ClN2O3/c1-6-28-14-22(18(4)27-28)23(29)9-7-19-8-10-24(30-5)20(13-19)15-31-21-11-16(2)25(26)17(3)12-21/h7-14H,6,15H2,1-5H3/b9-7+. The molecule has 0 atom stereocenters. The fraction of sp³-hybridized carbons (Fsp3) is 0.280. The predicted octanol–water partition coefficient (Wildman–Crippen LogP) is 5.97. The molecule has 1 aromatic heterocycles. The average molecular weight is 439 g/mol. The number of benzene rings is 2. The minimum Gasteiger partial charge on any atom is -0.496 e. The van der Waals surface area contributed by atoms with Gasteiger partial charge in [0.25, 0.3) is 0 Å². The second-order valence-electron chi connectivity index (χ2n) is 7.41. The smallest absolute Gasteiger partial charge is 0.189 e. The van der Waals surface area contributed by atoms with Crippen LogP contribution in [0.15, 0.2) is 42.6 Å². The molecule has 0 N–H and O–H groups in total. The molecular formula is C25H27ClN2O3. The summed E-state index contributed by atoms with van der Waals surface area (Å²) in [5.41, 5.74) is 5.06. The molecule has 0 radical (unpaired) electrons. The Labute approximate surface area is 188 Å². The van der Waals surface area contributed by atoms with Crippen molar-refractivity contribution >= 4 is 23.5 Å². The van der Waals surface area contributed by atoms with Crippen LogP contribution in [-0.4, -0.2) is 22.7 Å². The van der Waals surface area contributed by atoms with Gasteiger partial charge in [-0.1, -0.05) is 23.7 Å². The number of nitrogens with zero attached hydrogens (tertiary/aromatic N) is 2. The van der Waals surface area contributed by atoms with Gasteiger partial charge in [0.1, 0.15) is 18.1 Å². The number of hydrogen-bond acceptors (Lipinski definition) is 4. The van der Waals surface area contributed by atoms with Crippen LogP contribution in [0.2, 0.25) is 5.02 Å². The third-order valence-electron chi connectivity index (χ3n) is 5.07. The Kier molecular flexibility index (Phi) is 7.18. The molecule has 6 heteroatoms. The molecule has 0 aliphatic rings. The summed E-state index contributed by atoms with van der Waals surface area (Å²) in [5, 5.41) is 5.08. The molecule has 0 saturated heterocycles. The van der Waals surface area contributed by atoms with Gasteiger partial charge in [0, 0.05) is 23.3 Å². The van der Waals surface area contributed by atoms with Crippen molar-refractivity contribution in [1.82, 2.24) is 9.78 Å². The number of allylic oxidation sites excluding steroid dienone is 1. The molecule has 31 heavy (non-hydrogen) atoms. The summed E-state index contributed by atoms with van der Waals surface area (Å²) >= 11 is 6.24. The Morgan fingerprint density at radius 3 is 2.48 bits per heavy atom. The fourth-order valence-corrected chi connectivity index (χ4v) is 3.46. The zero-order chi connectivity index (χ0) is 22.5. The minimum atomic E-state index is -0.0714. The zero-order valence-corrected chi connectivity index (χ0v) is 19.3. The first-order chi connectivity index (χ1) is 14.8. The second-order valence-corrected chi connectivity index (χ2v) is 7.79. The summed E-state index contributed by atoms with van der Waals surface area (Å²) in [6, 6.07) is 9.58. The first-order valence-corrected chi connectivity index (χ1v) is 10.5. The monoisotopic (exact) mass is 438 g/mol. The average Bonchev–Trinajstić information content (AvgIpc) is 3.15. The lowest BCUT2D eigenvalue weighted by atomic mass is 10.1. The summed E-state index contributed by atoms with van der Waals surface area (Å²) in [7, 11) is 1.63. The van der Waals surface area contributed by atoms with Gasteiger partial charge in [0.15, 0.2) is 5.78 Å². The SMILES string of the molecule is CCn1cc(C(=O)/C=C/c2ccc(OC)c(COc3cc(C)c(Cl)c(C)c3)c2)c(C)n1. The first-order valence-electron chi connectivity index (χ1n) is 10.1. The summed E-state index contributed by atoms with van der Waals surface area (Å²) in [6.45, 7) is 8.81. The Balaban J connectivity index is 1.77. The van der Waals surface area contributed by atoms with Gasteiger partial charge in [-0.05, 0) is 74.7 Å². The summed E-state index contributed by atoms with van der Waals surface area (Å²) < 4.78 is 13.2. The van der Waals surface area contributed by atoms with Gasteiger partial charge >= 0.3 is 0 Å². The maximum Gasteiger partial charge on any atom is 0.189 e. The number of hydrogen-bond donors (Lipinski definition) is 0. The van der Waals surface area contributed by atoms with Crippen LogP contribution in [0.3, 0.4) is 0 Å². The highest BCUT2D eigenvalue weighted by Gasteiger charge is 2.11. The van der Waals surface area contributed by atoms with Crippen molar-refractivity contribution in [1.29, 1.82) is 0 Å². The van der Waals surface area contributed by atoms with E-state index in [4.69, 9.17) is 21.1 Å². The molecule has 162 valence electrons. The number of ether oxygens (including phenoxy) is 2. The van der Waals surface area contributed by atoms with Gasteiger partial charge in [0.2, 0.25) is 0 Å². The van der Waals surface area contributed by atoms with E-state index in [2.05, 4.69) is 5.10 Å². The molecule has 1 heterocycles. The number of halogens is 1. The summed E-state index contributed by atoms with van der Waals surface area (Å²) in [5.74, 6) is 1.41. The van der Waals surface area contributed by atoms with Gasteiger partial charge in [-0.25, -0.2) is 0 Å². The Bertz CT molecular complexity index is 1110. The fourth-order valence-electron chi connectivity index (χ4n) is 3.35. The van der Waals surface area contributed by atoms with Gasteiger partial charge in [-0.3, -0.25) is 9.48 Å². The maximum atomic E-state index is 12.6. The van der Waals surface area contributed by atoms with Crippen molar-refractivity contribution < 1.29 is 14.3 Å². The molecule has 0 unspecified atom stereocenters. The summed E-state index contributed by atoms with van der Waals surface area (Å²) in [4.78, 5) is 12.6. The van der Waals surface area contributed by atoms with E-state index in [1.54, 1.807) is 30.1 Å². The molecule has 3 rings (SSSR count). The van der Waals surface area contributed by atoms with Crippen LogP contribution in [0.25, 0.3) is 6.08 Å². The molecule has 3 aromatic rings. The van der Waals surface area contributed by atoms with Crippen molar-refractivity contribution in [3.8, 4) is 11.5 Å². The predicted molar refractivity (Wildman–Crippen MR) is 124 cm³/mol. The lowest BCUT2D eigenvalue weighted by Crippen LogP contribution is -2.00. The van der Waals surface area contributed by atoms with E-state index in [0.717, 1.165) is 51.0 Å². The van der Waals surface area contributed by atoms with Gasteiger partial charge in [0.05, 0.1) is 18.4 Å². The zero-order valence-electron chi connectivity index (χ0n) is 18.5. The number of aromatic nitrogens is 2. The van der Waals surface area contributed by atoms with Gasteiger partial charge in [-0.2, -0.15) is 5.10 Å². The quantitative estimate of drug-likeness (QED) is 0.321. The van der Waals surface area contributed by atoms with Crippen LogP contribution >= 0.6 is 11.6 Å². The lowest BCUT2D eigenvalue weighted by molar-refractivity contribution is 0.104. The topological polar surface area (TPSA) is 53.4 Å². The normalized spacial score (nSPS) is 11.2. The number of ketones is 1. The van der Waals surface area contributed by atoms with Crippen molar-refractivity contribution in [2.45, 2.75) is 40.8 Å². The van der Waals surface area contributed by atoms with E-state index < -0.39 is 0 Å². The van der Waals surface area contributed by atoms with Crippen LogP contribution in [-0.2, 0) is 13.2 Å². The molecule has 5 nitrogen and oxygen atoms in total. The first kappa shape index (κ1) is 22.6. The Hall–Kier alpha value is -3.05. The Morgan fingerprint density at radius 1 is 1.16 bits per heavy atom. The molecule has 0 aliphatic heterocycles. The van der Waals surface area contributed by atoms with Crippen LogP contribution < -0.4 is 9.47 Å². The van der Waals surface area contributed by atoms with E-state index >= 15 is 0 Å². The van der Waals surface area contributed by atoms with E-state index in [1.165, 1.54) is 0 Å². The molecule has 0 bridgehead atoms. The number of carbonyl (C=O) groups is 1. The van der Waals surface area contributed by atoms with Crippen LogP contribution in [0.4, 0.5) is 0 Å². The molecular weight excluding hydrogens is 412 g/mol. The molecule has 0 fully saturated rings. The molecule has 0 saturated carbocycles. The highest BCUT2D eigenvalue weighted by Crippen LogP contribution is 2.28. The van der Waals surface area contributed by atoms with E-state index in [1.807, 2.05) is 58.0 Å². The van der Waals surface area contributed by atoms with Crippen LogP contribution in [0.1, 0.15) is 45.2 Å². The van der Waals surface area contributed by atoms with Crippen molar-refractivity contribution in [3.63, 3.8) is 0 Å². The largest absolute Gasteiger partial charge is 0.496 e. The number of methoxy groups -OCH3 is 1. The minimum absolute atomic E-state index is 0.0714. The second kappa shape index (κ2) is 9.84. The van der Waals surface area contributed by atoms with Gasteiger partial charge in [-0.15, -0.1) is 0 Å². The van der Waals surface area contributed by atoms with Crippen LogP contribution in [0.5, 0.6) is 11.5 Å². The van der Waals surface area contributed by atoms with E-state index in [0.29, 0.717) is 12.2 Å². The van der Waals surface area contributed by atoms with Crippen molar-refractivity contribution in [3.05, 3.63) is 81.1 Å². The lowest BCUT2D eigenvalue weighted by Gasteiger charge is -2.13. The van der Waals surface area contributed by atoms with E-state index in [-0.39, 0.29) is 5.78 Å². The molecule has 0 amide bonds. The third-order valence-corrected chi connectivity index (χ3v) is 5.67. The molecule has 2 aromatic carbocycles. The third kappa shape index (κ3) is 5.36.